The highest BCUT2D eigenvalue weighted by molar-refractivity contribution is 9.10. The fraction of sp³-hybridized carbons (Fsp3) is 0.769. The summed E-state index contributed by atoms with van der Waals surface area (Å²) in [5.74, 6) is 0.403. The van der Waals surface area contributed by atoms with Gasteiger partial charge in [0.05, 0.1) is 41.7 Å². The summed E-state index contributed by atoms with van der Waals surface area (Å²) >= 11 is 3.58. The van der Waals surface area contributed by atoms with Crippen LogP contribution in [0.15, 0.2) is 10.7 Å². The topological polar surface area (TPSA) is 48.3 Å². The Hall–Kier alpha value is -0.430. The molecule has 0 aliphatic carbocycles. The van der Waals surface area contributed by atoms with Gasteiger partial charge >= 0.3 is 0 Å². The maximum Gasteiger partial charge on any atom is 0.0804 e. The second-order valence-electron chi connectivity index (χ2n) is 4.80. The molecule has 1 rings (SSSR count). The number of halogens is 1. The van der Waals surface area contributed by atoms with Crippen molar-refractivity contribution in [2.45, 2.75) is 32.5 Å². The molecule has 0 bridgehead atoms. The minimum absolute atomic E-state index is 0.0822. The van der Waals surface area contributed by atoms with Gasteiger partial charge in [-0.15, -0.1) is 0 Å². The molecule has 0 saturated heterocycles. The van der Waals surface area contributed by atoms with Gasteiger partial charge in [-0.1, -0.05) is 13.8 Å². The van der Waals surface area contributed by atoms with Crippen LogP contribution in [0.5, 0.6) is 0 Å². The van der Waals surface area contributed by atoms with E-state index in [4.69, 9.17) is 9.47 Å². The number of likely N-dealkylation sites (N-methyl/N-ethyl adjacent to an activating group) is 1. The Morgan fingerprint density at radius 2 is 2.11 bits per heavy atom. The molecule has 110 valence electrons. The zero-order chi connectivity index (χ0) is 14.4. The second kappa shape index (κ2) is 7.99. The molecule has 2 unspecified atom stereocenters. The van der Waals surface area contributed by atoms with Crippen LogP contribution in [-0.2, 0) is 16.0 Å². The molecule has 19 heavy (non-hydrogen) atoms. The van der Waals surface area contributed by atoms with E-state index in [0.717, 1.165) is 16.7 Å². The zero-order valence-electron chi connectivity index (χ0n) is 12.3. The van der Waals surface area contributed by atoms with Gasteiger partial charge in [0.25, 0.3) is 0 Å². The van der Waals surface area contributed by atoms with E-state index in [1.165, 1.54) is 0 Å². The second-order valence-corrected chi connectivity index (χ2v) is 5.66. The van der Waals surface area contributed by atoms with Crippen molar-refractivity contribution in [2.75, 3.05) is 27.9 Å². The van der Waals surface area contributed by atoms with Crippen molar-refractivity contribution >= 4 is 15.9 Å². The maximum atomic E-state index is 5.65. The van der Waals surface area contributed by atoms with Crippen LogP contribution in [0.3, 0.4) is 0 Å². The van der Waals surface area contributed by atoms with Crippen molar-refractivity contribution < 1.29 is 9.47 Å². The lowest BCUT2D eigenvalue weighted by atomic mass is 9.97. The highest BCUT2D eigenvalue weighted by Crippen LogP contribution is 2.29. The van der Waals surface area contributed by atoms with Gasteiger partial charge in [-0.2, -0.15) is 5.10 Å². The van der Waals surface area contributed by atoms with Gasteiger partial charge in [0.1, 0.15) is 0 Å². The summed E-state index contributed by atoms with van der Waals surface area (Å²) in [6.07, 6.45) is 1.90. The summed E-state index contributed by atoms with van der Waals surface area (Å²) in [5, 5.41) is 7.73. The van der Waals surface area contributed by atoms with E-state index >= 15 is 0 Å². The molecule has 0 fully saturated rings. The predicted molar refractivity (Wildman–Crippen MR) is 79.2 cm³/mol. The smallest absolute Gasteiger partial charge is 0.0804 e. The van der Waals surface area contributed by atoms with Crippen molar-refractivity contribution in [3.05, 3.63) is 16.4 Å². The van der Waals surface area contributed by atoms with Crippen LogP contribution in [-0.4, -0.2) is 43.8 Å². The summed E-state index contributed by atoms with van der Waals surface area (Å²) in [7, 11) is 5.39. The summed E-state index contributed by atoms with van der Waals surface area (Å²) in [4.78, 5) is 0. The molecule has 1 aromatic rings. The Kier molecular flexibility index (Phi) is 6.99. The number of methoxy groups -OCH3 is 2. The SMILES string of the molecule is CNC(c1c(Br)cnn1CCOC)C(OC)C(C)C. The van der Waals surface area contributed by atoms with Crippen molar-refractivity contribution in [2.24, 2.45) is 5.92 Å². The molecule has 2 atom stereocenters. The third-order valence-corrected chi connectivity index (χ3v) is 3.81. The molecule has 0 aliphatic heterocycles. The van der Waals surface area contributed by atoms with Crippen molar-refractivity contribution in [3.8, 4) is 0 Å². The Bertz CT molecular complexity index is 382. The number of nitrogens with zero attached hydrogens (tertiary/aromatic N) is 2. The van der Waals surface area contributed by atoms with E-state index in [1.807, 2.05) is 17.9 Å². The van der Waals surface area contributed by atoms with E-state index in [-0.39, 0.29) is 12.1 Å². The summed E-state index contributed by atoms with van der Waals surface area (Å²) in [6.45, 7) is 5.67. The molecule has 0 aliphatic rings. The van der Waals surface area contributed by atoms with Crippen molar-refractivity contribution in [1.82, 2.24) is 15.1 Å². The first-order valence-electron chi connectivity index (χ1n) is 6.47. The molecular formula is C13H24BrN3O2. The van der Waals surface area contributed by atoms with Crippen molar-refractivity contribution in [1.29, 1.82) is 0 Å². The first kappa shape index (κ1) is 16.6. The highest BCUT2D eigenvalue weighted by Gasteiger charge is 2.29. The quantitative estimate of drug-likeness (QED) is 0.792. The lowest BCUT2D eigenvalue weighted by molar-refractivity contribution is 0.0317. The van der Waals surface area contributed by atoms with E-state index in [1.54, 1.807) is 14.2 Å². The van der Waals surface area contributed by atoms with Gasteiger partial charge in [0.2, 0.25) is 0 Å². The fourth-order valence-electron chi connectivity index (χ4n) is 2.29. The first-order chi connectivity index (χ1) is 9.06. The summed E-state index contributed by atoms with van der Waals surface area (Å²) < 4.78 is 13.7. The van der Waals surface area contributed by atoms with Crippen LogP contribution < -0.4 is 5.32 Å². The Morgan fingerprint density at radius 3 is 2.58 bits per heavy atom. The van der Waals surface area contributed by atoms with Crippen LogP contribution >= 0.6 is 15.9 Å². The molecule has 0 spiro atoms. The molecule has 0 radical (unpaired) electrons. The van der Waals surface area contributed by atoms with E-state index in [2.05, 4.69) is 40.2 Å². The predicted octanol–water partition coefficient (Wildman–Crippen LogP) is 2.22. The Morgan fingerprint density at radius 1 is 1.42 bits per heavy atom. The lowest BCUT2D eigenvalue weighted by Crippen LogP contribution is -2.36. The number of hydrogen-bond donors (Lipinski definition) is 1. The minimum Gasteiger partial charge on any atom is -0.383 e. The molecule has 6 heteroatoms. The third kappa shape index (κ3) is 4.02. The third-order valence-electron chi connectivity index (χ3n) is 3.20. The molecule has 1 N–H and O–H groups in total. The lowest BCUT2D eigenvalue weighted by Gasteiger charge is -2.29. The molecule has 0 amide bonds. The average molecular weight is 334 g/mol. The Balaban J connectivity index is 3.05. The van der Waals surface area contributed by atoms with Crippen LogP contribution in [0.25, 0.3) is 0 Å². The average Bonchev–Trinajstić information content (AvgIpc) is 2.74. The molecule has 0 saturated carbocycles. The molecule has 1 heterocycles. The number of nitrogens with one attached hydrogen (secondary N) is 1. The zero-order valence-corrected chi connectivity index (χ0v) is 13.9. The standard InChI is InChI=1S/C13H24BrN3O2/c1-9(2)13(19-5)11(15-3)12-10(14)8-16-17(12)6-7-18-4/h8-9,11,13,15H,6-7H2,1-5H3. The number of ether oxygens (including phenoxy) is 2. The van der Waals surface area contributed by atoms with Crippen LogP contribution in [0, 0.1) is 5.92 Å². The summed E-state index contributed by atoms with van der Waals surface area (Å²) in [5.41, 5.74) is 1.10. The minimum atomic E-state index is 0.0822. The fourth-order valence-corrected chi connectivity index (χ4v) is 2.83. The van der Waals surface area contributed by atoms with E-state index in [9.17, 15) is 0 Å². The summed E-state index contributed by atoms with van der Waals surface area (Å²) in [6, 6.07) is 0.0822. The van der Waals surface area contributed by atoms with Gasteiger partial charge in [-0.3, -0.25) is 4.68 Å². The van der Waals surface area contributed by atoms with Crippen LogP contribution in [0.2, 0.25) is 0 Å². The molecular weight excluding hydrogens is 310 g/mol. The molecule has 5 nitrogen and oxygen atoms in total. The highest BCUT2D eigenvalue weighted by atomic mass is 79.9. The molecule has 1 aromatic heterocycles. The molecule has 0 aromatic carbocycles. The van der Waals surface area contributed by atoms with E-state index < -0.39 is 0 Å². The van der Waals surface area contributed by atoms with Crippen LogP contribution in [0.4, 0.5) is 0 Å². The van der Waals surface area contributed by atoms with E-state index in [0.29, 0.717) is 12.5 Å². The number of hydrogen-bond acceptors (Lipinski definition) is 4. The van der Waals surface area contributed by atoms with Gasteiger partial charge in [0.15, 0.2) is 0 Å². The first-order valence-corrected chi connectivity index (χ1v) is 7.26. The monoisotopic (exact) mass is 333 g/mol. The number of rotatable bonds is 8. The normalized spacial score (nSPS) is 14.9. The maximum absolute atomic E-state index is 5.65. The number of aromatic nitrogens is 2. The van der Waals surface area contributed by atoms with Crippen molar-refractivity contribution in [3.63, 3.8) is 0 Å². The van der Waals surface area contributed by atoms with Gasteiger partial charge in [-0.05, 0) is 28.9 Å². The van der Waals surface area contributed by atoms with Crippen LogP contribution in [0.1, 0.15) is 25.6 Å². The van der Waals surface area contributed by atoms with Gasteiger partial charge in [-0.25, -0.2) is 0 Å². The Labute approximate surface area is 123 Å². The van der Waals surface area contributed by atoms with Gasteiger partial charge < -0.3 is 14.8 Å². The largest absolute Gasteiger partial charge is 0.383 e. The van der Waals surface area contributed by atoms with Gasteiger partial charge in [0, 0.05) is 14.2 Å².